The predicted molar refractivity (Wildman–Crippen MR) is 136 cm³/mol. The topological polar surface area (TPSA) is 104 Å². The summed E-state index contributed by atoms with van der Waals surface area (Å²) in [5.74, 6) is 1.42. The first-order valence-electron chi connectivity index (χ1n) is 11.3. The zero-order valence-electron chi connectivity index (χ0n) is 19.3. The number of ether oxygens (including phenoxy) is 1. The Balaban J connectivity index is 0.00000274. The van der Waals surface area contributed by atoms with Crippen LogP contribution < -0.4 is 15.4 Å². The third-order valence-corrected chi connectivity index (χ3v) is 5.90. The maximum atomic E-state index is 5.43. The first-order chi connectivity index (χ1) is 16.2. The number of H-pyrrole nitrogens is 1. The minimum Gasteiger partial charge on any atom is -0.464 e. The van der Waals surface area contributed by atoms with Gasteiger partial charge in [0.15, 0.2) is 0 Å². The molecule has 10 heteroatoms. The molecule has 1 aliphatic rings. The number of aromatic amines is 1. The molecule has 5 rings (SSSR count). The van der Waals surface area contributed by atoms with Crippen LogP contribution in [0.4, 0.5) is 11.8 Å². The molecule has 0 bridgehead atoms. The summed E-state index contributed by atoms with van der Waals surface area (Å²) in [6.07, 6.45) is 3.56. The van der Waals surface area contributed by atoms with Gasteiger partial charge in [-0.2, -0.15) is 4.98 Å². The van der Waals surface area contributed by atoms with Gasteiger partial charge >= 0.3 is 6.01 Å². The number of imidazole rings is 1. The van der Waals surface area contributed by atoms with E-state index in [1.165, 1.54) is 5.56 Å². The number of hydrogen-bond donors (Lipinski definition) is 3. The number of fused-ring (bicyclic) bond motifs is 1. The molecule has 0 saturated carbocycles. The lowest BCUT2D eigenvalue weighted by Gasteiger charge is -2.33. The van der Waals surface area contributed by atoms with Crippen LogP contribution in [0.5, 0.6) is 6.01 Å². The largest absolute Gasteiger partial charge is 0.464 e. The Kier molecular flexibility index (Phi) is 7.56. The van der Waals surface area contributed by atoms with Gasteiger partial charge < -0.3 is 20.4 Å². The normalized spacial score (nSPS) is 15.0. The van der Waals surface area contributed by atoms with Crippen LogP contribution in [-0.2, 0) is 0 Å². The van der Waals surface area contributed by atoms with Crippen LogP contribution in [0.1, 0.15) is 25.5 Å². The summed E-state index contributed by atoms with van der Waals surface area (Å²) in [7, 11) is 0. The van der Waals surface area contributed by atoms with Crippen molar-refractivity contribution in [2.45, 2.75) is 19.9 Å². The van der Waals surface area contributed by atoms with E-state index in [1.54, 1.807) is 6.20 Å². The van der Waals surface area contributed by atoms with E-state index in [1.807, 2.05) is 37.4 Å². The number of nitrogens with one attached hydrogen (secondary N) is 3. The van der Waals surface area contributed by atoms with Crippen molar-refractivity contribution in [3.63, 3.8) is 0 Å². The predicted octanol–water partition coefficient (Wildman–Crippen LogP) is 3.95. The summed E-state index contributed by atoms with van der Waals surface area (Å²) in [4.78, 5) is 23.6. The van der Waals surface area contributed by atoms with Gasteiger partial charge in [0.05, 0.1) is 23.3 Å². The lowest BCUT2D eigenvalue weighted by atomic mass is 10.1. The maximum Gasteiger partial charge on any atom is 0.316 e. The van der Waals surface area contributed by atoms with Crippen molar-refractivity contribution in [1.82, 2.24) is 35.1 Å². The third-order valence-electron chi connectivity index (χ3n) is 5.90. The van der Waals surface area contributed by atoms with Crippen LogP contribution in [0.2, 0.25) is 0 Å². The number of piperazine rings is 1. The van der Waals surface area contributed by atoms with Gasteiger partial charge in [-0.1, -0.05) is 6.07 Å². The van der Waals surface area contributed by atoms with Crippen LogP contribution in [0.25, 0.3) is 22.3 Å². The van der Waals surface area contributed by atoms with E-state index >= 15 is 0 Å². The monoisotopic (exact) mass is 480 g/mol. The van der Waals surface area contributed by atoms with E-state index < -0.39 is 0 Å². The van der Waals surface area contributed by atoms with E-state index in [4.69, 9.17) is 4.74 Å². The summed E-state index contributed by atoms with van der Waals surface area (Å²) in [6, 6.07) is 12.8. The summed E-state index contributed by atoms with van der Waals surface area (Å²) in [6.45, 7) is 8.86. The van der Waals surface area contributed by atoms with Gasteiger partial charge in [0.25, 0.3) is 0 Å². The quantitative estimate of drug-likeness (QED) is 0.365. The number of hydrogen-bond acceptors (Lipinski definition) is 8. The zero-order valence-corrected chi connectivity index (χ0v) is 20.1. The molecule has 1 aromatic carbocycles. The van der Waals surface area contributed by atoms with Gasteiger partial charge in [0, 0.05) is 50.2 Å². The summed E-state index contributed by atoms with van der Waals surface area (Å²) in [5.41, 5.74) is 4.78. The van der Waals surface area contributed by atoms with E-state index in [9.17, 15) is 0 Å². The lowest BCUT2D eigenvalue weighted by Crippen LogP contribution is -2.44. The molecule has 9 nitrogen and oxygen atoms in total. The lowest BCUT2D eigenvalue weighted by molar-refractivity contribution is 0.185. The van der Waals surface area contributed by atoms with Gasteiger partial charge in [0.1, 0.15) is 5.82 Å². The second-order valence-electron chi connectivity index (χ2n) is 8.04. The number of aromatic nitrogens is 5. The summed E-state index contributed by atoms with van der Waals surface area (Å²) in [5, 5.41) is 6.73. The van der Waals surface area contributed by atoms with Crippen molar-refractivity contribution in [3.8, 4) is 17.3 Å². The molecule has 3 N–H and O–H groups in total. The highest BCUT2D eigenvalue weighted by atomic mass is 35.5. The van der Waals surface area contributed by atoms with Gasteiger partial charge in [-0.25, -0.2) is 15.0 Å². The molecular formula is C24H29ClN8O. The fraction of sp³-hybridized carbons (Fsp3) is 0.333. The van der Waals surface area contributed by atoms with E-state index in [-0.39, 0.29) is 12.4 Å². The molecule has 1 fully saturated rings. The number of benzene rings is 1. The molecule has 34 heavy (non-hydrogen) atoms. The molecule has 1 saturated heterocycles. The van der Waals surface area contributed by atoms with Crippen LogP contribution in [0.3, 0.4) is 0 Å². The number of halogens is 1. The van der Waals surface area contributed by atoms with Crippen LogP contribution in [-0.4, -0.2) is 62.6 Å². The standard InChI is InChI=1S/C24H28N8O.ClH/c1-3-33-24-27-9-7-19(30-24)18-4-5-20-21(14-18)29-23(28-20)31-22-15-17(6-8-26-22)16(2)32-12-10-25-11-13-32;/h4-9,14-16,25H,3,10-13H2,1-2H3,(H2,26,28,29,31);1H. The number of pyridine rings is 1. The van der Waals surface area contributed by atoms with Crippen LogP contribution in [0.15, 0.2) is 48.8 Å². The van der Waals surface area contributed by atoms with Crippen LogP contribution >= 0.6 is 12.4 Å². The Morgan fingerprint density at radius 1 is 1.06 bits per heavy atom. The molecule has 4 heterocycles. The molecule has 1 aliphatic heterocycles. The Morgan fingerprint density at radius 3 is 2.71 bits per heavy atom. The molecular weight excluding hydrogens is 452 g/mol. The van der Waals surface area contributed by atoms with E-state index in [2.05, 4.69) is 59.5 Å². The third kappa shape index (κ3) is 5.27. The fourth-order valence-corrected chi connectivity index (χ4v) is 4.11. The highest BCUT2D eigenvalue weighted by Gasteiger charge is 2.18. The first kappa shape index (κ1) is 23.9. The molecule has 0 radical (unpaired) electrons. The second-order valence-corrected chi connectivity index (χ2v) is 8.04. The molecule has 0 spiro atoms. The first-order valence-corrected chi connectivity index (χ1v) is 11.3. The van der Waals surface area contributed by atoms with Crippen LogP contribution in [0, 0.1) is 0 Å². The van der Waals surface area contributed by atoms with Gasteiger partial charge in [-0.3, -0.25) is 4.90 Å². The Labute approximate surface area is 204 Å². The second kappa shape index (κ2) is 10.8. The highest BCUT2D eigenvalue weighted by molar-refractivity contribution is 5.85. The van der Waals surface area contributed by atoms with Crippen molar-refractivity contribution < 1.29 is 4.74 Å². The fourth-order valence-electron chi connectivity index (χ4n) is 4.11. The molecule has 1 atom stereocenters. The minimum atomic E-state index is 0. The zero-order chi connectivity index (χ0) is 22.6. The molecule has 1 unspecified atom stereocenters. The SMILES string of the molecule is CCOc1nccc(-c2ccc3nc(Nc4cc(C(C)N5CCNCC5)ccn4)[nH]c3c2)n1.Cl. The highest BCUT2D eigenvalue weighted by Crippen LogP contribution is 2.26. The average Bonchev–Trinajstić information content (AvgIpc) is 3.26. The summed E-state index contributed by atoms with van der Waals surface area (Å²) >= 11 is 0. The van der Waals surface area contributed by atoms with Crippen molar-refractivity contribution in [1.29, 1.82) is 0 Å². The molecule has 178 valence electrons. The maximum absolute atomic E-state index is 5.43. The number of rotatable bonds is 7. The van der Waals surface area contributed by atoms with E-state index in [0.717, 1.165) is 54.3 Å². The smallest absolute Gasteiger partial charge is 0.316 e. The average molecular weight is 481 g/mol. The van der Waals surface area contributed by atoms with Crippen molar-refractivity contribution in [2.75, 3.05) is 38.1 Å². The van der Waals surface area contributed by atoms with Crippen molar-refractivity contribution in [2.24, 2.45) is 0 Å². The number of nitrogens with zero attached hydrogens (tertiary/aromatic N) is 5. The molecule has 0 aliphatic carbocycles. The van der Waals surface area contributed by atoms with Gasteiger partial charge in [-0.15, -0.1) is 12.4 Å². The number of anilines is 2. The summed E-state index contributed by atoms with van der Waals surface area (Å²) < 4.78 is 5.43. The molecule has 0 amide bonds. The Bertz CT molecular complexity index is 1240. The minimum absolute atomic E-state index is 0. The van der Waals surface area contributed by atoms with E-state index in [0.29, 0.717) is 24.6 Å². The molecule has 4 aromatic rings. The Morgan fingerprint density at radius 2 is 1.88 bits per heavy atom. The molecule has 3 aromatic heterocycles. The van der Waals surface area contributed by atoms with Gasteiger partial charge in [-0.05, 0) is 49.7 Å². The van der Waals surface area contributed by atoms with Crippen molar-refractivity contribution >= 4 is 35.2 Å². The van der Waals surface area contributed by atoms with Gasteiger partial charge in [0.2, 0.25) is 5.95 Å². The Hall–Kier alpha value is -3.27. The van der Waals surface area contributed by atoms with Crippen molar-refractivity contribution in [3.05, 3.63) is 54.4 Å².